The largest absolute Gasteiger partial charge is 0.422 e. The molecule has 1 aliphatic rings. The SMILES string of the molecule is C[C@H](CCC(=O)C1C(=O)OC(C)(C)OC1=O)Cc1ccccc1. The number of ketones is 1. The van der Waals surface area contributed by atoms with Crippen molar-refractivity contribution in [1.82, 2.24) is 0 Å². The summed E-state index contributed by atoms with van der Waals surface area (Å²) in [5.74, 6) is -4.53. The van der Waals surface area contributed by atoms with Crippen LogP contribution in [-0.4, -0.2) is 23.5 Å². The van der Waals surface area contributed by atoms with Crippen LogP contribution in [0.4, 0.5) is 0 Å². The lowest BCUT2D eigenvalue weighted by molar-refractivity contribution is -0.238. The molecule has 5 heteroatoms. The predicted molar refractivity (Wildman–Crippen MR) is 83.3 cm³/mol. The topological polar surface area (TPSA) is 69.7 Å². The maximum absolute atomic E-state index is 12.2. The number of rotatable bonds is 6. The molecule has 1 heterocycles. The van der Waals surface area contributed by atoms with Gasteiger partial charge in [0.1, 0.15) is 0 Å². The second-order valence-corrected chi connectivity index (χ2v) is 6.47. The molecule has 23 heavy (non-hydrogen) atoms. The number of Topliss-reactive ketones (excluding diaryl/α,β-unsaturated/α-hetero) is 1. The predicted octanol–water partition coefficient (Wildman–Crippen LogP) is 2.67. The van der Waals surface area contributed by atoms with E-state index >= 15 is 0 Å². The van der Waals surface area contributed by atoms with Gasteiger partial charge in [-0.2, -0.15) is 0 Å². The third-order valence-electron chi connectivity index (χ3n) is 3.80. The lowest BCUT2D eigenvalue weighted by atomic mass is 9.92. The number of cyclic esters (lactones) is 2. The van der Waals surface area contributed by atoms with Crippen molar-refractivity contribution in [3.63, 3.8) is 0 Å². The zero-order chi connectivity index (χ0) is 17.0. The highest BCUT2D eigenvalue weighted by molar-refractivity contribution is 6.15. The molecule has 124 valence electrons. The van der Waals surface area contributed by atoms with E-state index in [-0.39, 0.29) is 12.3 Å². The van der Waals surface area contributed by atoms with Gasteiger partial charge in [-0.15, -0.1) is 0 Å². The number of esters is 2. The first-order valence-corrected chi connectivity index (χ1v) is 7.81. The number of ether oxygens (including phenoxy) is 2. The minimum Gasteiger partial charge on any atom is -0.422 e. The lowest BCUT2D eigenvalue weighted by Crippen LogP contribution is -2.49. The van der Waals surface area contributed by atoms with Crippen LogP contribution < -0.4 is 0 Å². The summed E-state index contributed by atoms with van der Waals surface area (Å²) in [5, 5.41) is 0. The molecule has 1 aromatic carbocycles. The first kappa shape index (κ1) is 17.2. The molecule has 1 atom stereocenters. The number of hydrogen-bond acceptors (Lipinski definition) is 5. The Balaban J connectivity index is 1.87. The lowest BCUT2D eigenvalue weighted by Gasteiger charge is -2.32. The van der Waals surface area contributed by atoms with Gasteiger partial charge in [0.15, 0.2) is 5.78 Å². The summed E-state index contributed by atoms with van der Waals surface area (Å²) < 4.78 is 9.95. The Hall–Kier alpha value is -2.17. The molecule has 2 rings (SSSR count). The van der Waals surface area contributed by atoms with Crippen molar-refractivity contribution in [1.29, 1.82) is 0 Å². The van der Waals surface area contributed by atoms with Crippen molar-refractivity contribution >= 4 is 17.7 Å². The molecule has 0 saturated carbocycles. The first-order chi connectivity index (χ1) is 10.8. The van der Waals surface area contributed by atoms with Gasteiger partial charge in [0.05, 0.1) is 0 Å². The summed E-state index contributed by atoms with van der Waals surface area (Å²) in [6.45, 7) is 4.97. The summed E-state index contributed by atoms with van der Waals surface area (Å²) in [6, 6.07) is 9.98. The highest BCUT2D eigenvalue weighted by Crippen LogP contribution is 2.25. The monoisotopic (exact) mass is 318 g/mol. The molecule has 0 radical (unpaired) electrons. The van der Waals surface area contributed by atoms with Crippen LogP contribution in [0.15, 0.2) is 30.3 Å². The van der Waals surface area contributed by atoms with Crippen LogP contribution in [0.25, 0.3) is 0 Å². The maximum Gasteiger partial charge on any atom is 0.331 e. The van der Waals surface area contributed by atoms with E-state index in [9.17, 15) is 14.4 Å². The fourth-order valence-corrected chi connectivity index (χ4v) is 2.63. The van der Waals surface area contributed by atoms with E-state index < -0.39 is 29.4 Å². The molecule has 1 fully saturated rings. The van der Waals surface area contributed by atoms with Crippen molar-refractivity contribution in [3.05, 3.63) is 35.9 Å². The van der Waals surface area contributed by atoms with Gasteiger partial charge in [-0.25, -0.2) is 0 Å². The van der Waals surface area contributed by atoms with Crippen molar-refractivity contribution in [2.45, 2.75) is 45.8 Å². The number of hydrogen-bond donors (Lipinski definition) is 0. The van der Waals surface area contributed by atoms with Gasteiger partial charge < -0.3 is 9.47 Å². The highest BCUT2D eigenvalue weighted by atomic mass is 16.7. The van der Waals surface area contributed by atoms with Crippen molar-refractivity contribution in [3.8, 4) is 0 Å². The molecule has 1 aliphatic heterocycles. The van der Waals surface area contributed by atoms with E-state index in [1.165, 1.54) is 19.4 Å². The molecular formula is C18H22O5. The average molecular weight is 318 g/mol. The van der Waals surface area contributed by atoms with Gasteiger partial charge >= 0.3 is 11.9 Å². The second-order valence-electron chi connectivity index (χ2n) is 6.47. The van der Waals surface area contributed by atoms with Crippen molar-refractivity contribution in [2.75, 3.05) is 0 Å². The normalized spacial score (nSPS) is 18.9. The first-order valence-electron chi connectivity index (χ1n) is 7.81. The van der Waals surface area contributed by atoms with Gasteiger partial charge in [0.2, 0.25) is 5.92 Å². The van der Waals surface area contributed by atoms with Crippen molar-refractivity contribution < 1.29 is 23.9 Å². The summed E-state index contributed by atoms with van der Waals surface area (Å²) in [5.41, 5.74) is 1.20. The Morgan fingerprint density at radius 3 is 2.26 bits per heavy atom. The van der Waals surface area contributed by atoms with E-state index in [1.807, 2.05) is 37.3 Å². The van der Waals surface area contributed by atoms with Gasteiger partial charge in [-0.1, -0.05) is 37.3 Å². The van der Waals surface area contributed by atoms with E-state index in [4.69, 9.17) is 9.47 Å². The number of benzene rings is 1. The molecule has 0 spiro atoms. The molecule has 5 nitrogen and oxygen atoms in total. The van der Waals surface area contributed by atoms with Crippen LogP contribution in [0.5, 0.6) is 0 Å². The molecule has 0 bridgehead atoms. The molecule has 1 saturated heterocycles. The van der Waals surface area contributed by atoms with E-state index in [1.54, 1.807) is 0 Å². The standard InChI is InChI=1S/C18H22O5/c1-12(11-13-7-5-4-6-8-13)9-10-14(19)15-16(20)22-18(2,3)23-17(15)21/h4-8,12,15H,9-11H2,1-3H3/t12-/m1/s1. The minimum absolute atomic E-state index is 0.156. The summed E-state index contributed by atoms with van der Waals surface area (Å²) in [7, 11) is 0. The number of carbonyl (C=O) groups excluding carboxylic acids is 3. The third-order valence-corrected chi connectivity index (χ3v) is 3.80. The maximum atomic E-state index is 12.2. The summed E-state index contributed by atoms with van der Waals surface area (Å²) in [4.78, 5) is 35.9. The summed E-state index contributed by atoms with van der Waals surface area (Å²) >= 11 is 0. The molecule has 0 amide bonds. The third kappa shape index (κ3) is 4.65. The smallest absolute Gasteiger partial charge is 0.331 e. The molecule has 1 aromatic rings. The Labute approximate surface area is 136 Å². The number of carbonyl (C=O) groups is 3. The quantitative estimate of drug-likeness (QED) is 0.596. The molecule has 0 aliphatic carbocycles. The van der Waals surface area contributed by atoms with Gasteiger partial charge in [0.25, 0.3) is 5.79 Å². The van der Waals surface area contributed by atoms with Crippen LogP contribution in [0.2, 0.25) is 0 Å². The average Bonchev–Trinajstić information content (AvgIpc) is 2.44. The minimum atomic E-state index is -1.44. The Morgan fingerprint density at radius 1 is 1.13 bits per heavy atom. The Bertz CT molecular complexity index is 571. The van der Waals surface area contributed by atoms with Crippen LogP contribution in [0.3, 0.4) is 0 Å². The van der Waals surface area contributed by atoms with Gasteiger partial charge in [-0.3, -0.25) is 14.4 Å². The molecular weight excluding hydrogens is 296 g/mol. The van der Waals surface area contributed by atoms with E-state index in [0.29, 0.717) is 6.42 Å². The fourth-order valence-electron chi connectivity index (χ4n) is 2.63. The van der Waals surface area contributed by atoms with E-state index in [2.05, 4.69) is 0 Å². The zero-order valence-corrected chi connectivity index (χ0v) is 13.7. The Kier molecular flexibility index (Phi) is 5.19. The highest BCUT2D eigenvalue weighted by Gasteiger charge is 2.46. The molecule has 0 aromatic heterocycles. The van der Waals surface area contributed by atoms with Gasteiger partial charge in [0, 0.05) is 20.3 Å². The molecule has 0 unspecified atom stereocenters. The fraction of sp³-hybridized carbons (Fsp3) is 0.500. The molecule has 0 N–H and O–H groups in total. The zero-order valence-electron chi connectivity index (χ0n) is 13.7. The van der Waals surface area contributed by atoms with Crippen LogP contribution >= 0.6 is 0 Å². The second kappa shape index (κ2) is 6.94. The van der Waals surface area contributed by atoms with Crippen molar-refractivity contribution in [2.24, 2.45) is 11.8 Å². The Morgan fingerprint density at radius 2 is 1.70 bits per heavy atom. The van der Waals surface area contributed by atoms with E-state index in [0.717, 1.165) is 6.42 Å². The van der Waals surface area contributed by atoms with Gasteiger partial charge in [-0.05, 0) is 24.3 Å². The van der Waals surface area contributed by atoms with Crippen LogP contribution in [0.1, 0.15) is 39.2 Å². The van der Waals surface area contributed by atoms with Crippen LogP contribution in [0, 0.1) is 11.8 Å². The van der Waals surface area contributed by atoms with Crippen LogP contribution in [-0.2, 0) is 30.3 Å². The summed E-state index contributed by atoms with van der Waals surface area (Å²) in [6.07, 6.45) is 1.61.